The van der Waals surface area contributed by atoms with Gasteiger partial charge in [0.15, 0.2) is 0 Å². The molecular formula is C17H22ClNO2S. The van der Waals surface area contributed by atoms with Crippen LogP contribution in [0.15, 0.2) is 35.2 Å². The molecule has 0 saturated heterocycles. The lowest BCUT2D eigenvalue weighted by Gasteiger charge is -2.20. The minimum Gasteiger partial charge on any atom is -0.444 e. The fourth-order valence-corrected chi connectivity index (χ4v) is 3.47. The minimum absolute atomic E-state index is 0.354. The number of hydrogen-bond donors (Lipinski definition) is 1. The SMILES string of the molecule is CC(C)(C)OC(=O)NCC1CC(Cc2ccccc2Cl)=CS1. The van der Waals surface area contributed by atoms with Gasteiger partial charge in [0.25, 0.3) is 0 Å². The molecule has 1 unspecified atom stereocenters. The maximum absolute atomic E-state index is 11.7. The number of carbonyl (C=O) groups is 1. The van der Waals surface area contributed by atoms with Gasteiger partial charge in [-0.3, -0.25) is 0 Å². The van der Waals surface area contributed by atoms with Crippen molar-refractivity contribution in [3.8, 4) is 0 Å². The topological polar surface area (TPSA) is 38.3 Å². The average molecular weight is 340 g/mol. The molecule has 3 nitrogen and oxygen atoms in total. The number of nitrogens with one attached hydrogen (secondary N) is 1. The molecule has 0 saturated carbocycles. The number of amides is 1. The van der Waals surface area contributed by atoms with Gasteiger partial charge in [-0.2, -0.15) is 0 Å². The van der Waals surface area contributed by atoms with Crippen LogP contribution in [0.5, 0.6) is 0 Å². The normalized spacial score (nSPS) is 18.0. The van der Waals surface area contributed by atoms with Crippen molar-refractivity contribution in [2.45, 2.75) is 44.5 Å². The van der Waals surface area contributed by atoms with E-state index < -0.39 is 5.60 Å². The van der Waals surface area contributed by atoms with E-state index >= 15 is 0 Å². The van der Waals surface area contributed by atoms with Crippen LogP contribution in [0.2, 0.25) is 5.02 Å². The molecule has 0 fully saturated rings. The van der Waals surface area contributed by atoms with Gasteiger partial charge in [-0.05, 0) is 50.7 Å². The quantitative estimate of drug-likeness (QED) is 0.856. The van der Waals surface area contributed by atoms with Gasteiger partial charge in [-0.1, -0.05) is 35.4 Å². The van der Waals surface area contributed by atoms with Crippen LogP contribution in [0, 0.1) is 0 Å². The maximum Gasteiger partial charge on any atom is 0.407 e. The molecule has 1 aliphatic heterocycles. The highest BCUT2D eigenvalue weighted by Crippen LogP contribution is 2.32. The molecule has 0 aromatic heterocycles. The molecule has 5 heteroatoms. The van der Waals surface area contributed by atoms with Gasteiger partial charge in [-0.25, -0.2) is 4.79 Å². The smallest absolute Gasteiger partial charge is 0.407 e. The van der Waals surface area contributed by atoms with E-state index in [0.29, 0.717) is 11.8 Å². The third kappa shape index (κ3) is 5.58. The zero-order valence-corrected chi connectivity index (χ0v) is 14.8. The molecule has 2 rings (SSSR count). The zero-order valence-electron chi connectivity index (χ0n) is 13.2. The van der Waals surface area contributed by atoms with Crippen molar-refractivity contribution in [3.63, 3.8) is 0 Å². The fraction of sp³-hybridized carbons (Fsp3) is 0.471. The van der Waals surface area contributed by atoms with Crippen molar-refractivity contribution < 1.29 is 9.53 Å². The summed E-state index contributed by atoms with van der Waals surface area (Å²) in [5.74, 6) is 0. The second-order valence-corrected chi connectivity index (χ2v) is 7.97. The van der Waals surface area contributed by atoms with Gasteiger partial charge in [0.2, 0.25) is 0 Å². The van der Waals surface area contributed by atoms with Crippen LogP contribution < -0.4 is 5.32 Å². The van der Waals surface area contributed by atoms with Crippen LogP contribution in [0.25, 0.3) is 0 Å². The molecule has 0 spiro atoms. The molecule has 1 amide bonds. The number of hydrogen-bond acceptors (Lipinski definition) is 3. The van der Waals surface area contributed by atoms with Gasteiger partial charge in [0.1, 0.15) is 5.60 Å². The Hall–Kier alpha value is -1.13. The second kappa shape index (κ2) is 7.42. The van der Waals surface area contributed by atoms with E-state index in [-0.39, 0.29) is 6.09 Å². The number of ether oxygens (including phenoxy) is 1. The Morgan fingerprint density at radius 3 is 2.82 bits per heavy atom. The molecule has 1 heterocycles. The van der Waals surface area contributed by atoms with Gasteiger partial charge in [0.05, 0.1) is 0 Å². The standard InChI is InChI=1S/C17H22ClNO2S/c1-17(2,3)21-16(20)19-10-14-9-12(11-22-14)8-13-6-4-5-7-15(13)18/h4-7,11,14H,8-10H2,1-3H3,(H,19,20). The molecule has 1 aromatic carbocycles. The Balaban J connectivity index is 1.76. The first-order chi connectivity index (χ1) is 10.3. The maximum atomic E-state index is 11.7. The van der Waals surface area contributed by atoms with Crippen molar-refractivity contribution in [3.05, 3.63) is 45.8 Å². The van der Waals surface area contributed by atoms with E-state index in [9.17, 15) is 4.79 Å². The number of alkyl carbamates (subject to hydrolysis) is 1. The molecule has 120 valence electrons. The van der Waals surface area contributed by atoms with Gasteiger partial charge >= 0.3 is 6.09 Å². The van der Waals surface area contributed by atoms with Gasteiger partial charge < -0.3 is 10.1 Å². The summed E-state index contributed by atoms with van der Waals surface area (Å²) in [5, 5.41) is 6.20. The summed E-state index contributed by atoms with van der Waals surface area (Å²) < 4.78 is 5.24. The Bertz CT molecular complexity index is 566. The van der Waals surface area contributed by atoms with Crippen molar-refractivity contribution >= 4 is 29.5 Å². The van der Waals surface area contributed by atoms with E-state index in [1.54, 1.807) is 11.8 Å². The van der Waals surface area contributed by atoms with Crippen molar-refractivity contribution in [2.75, 3.05) is 6.54 Å². The molecule has 1 N–H and O–H groups in total. The average Bonchev–Trinajstić information content (AvgIpc) is 2.85. The van der Waals surface area contributed by atoms with Gasteiger partial charge in [0, 0.05) is 16.8 Å². The molecule has 1 atom stereocenters. The molecule has 0 aliphatic carbocycles. The number of carbonyl (C=O) groups excluding carboxylic acids is 1. The van der Waals surface area contributed by atoms with Crippen LogP contribution in [0.1, 0.15) is 32.8 Å². The number of benzene rings is 1. The Kier molecular flexibility index (Phi) is 5.81. The summed E-state index contributed by atoms with van der Waals surface area (Å²) in [6, 6.07) is 7.92. The van der Waals surface area contributed by atoms with Crippen LogP contribution in [-0.2, 0) is 11.2 Å². The van der Waals surface area contributed by atoms with E-state index in [0.717, 1.165) is 23.4 Å². The largest absolute Gasteiger partial charge is 0.444 e. The Morgan fingerprint density at radius 1 is 1.41 bits per heavy atom. The van der Waals surface area contributed by atoms with Crippen molar-refractivity contribution in [2.24, 2.45) is 0 Å². The molecule has 22 heavy (non-hydrogen) atoms. The number of allylic oxidation sites excluding steroid dienone is 1. The zero-order chi connectivity index (χ0) is 16.2. The van der Waals surface area contributed by atoms with Crippen molar-refractivity contribution in [1.29, 1.82) is 0 Å². The lowest BCUT2D eigenvalue weighted by atomic mass is 10.0. The number of rotatable bonds is 4. The summed E-state index contributed by atoms with van der Waals surface area (Å²) in [6.45, 7) is 6.20. The lowest BCUT2D eigenvalue weighted by molar-refractivity contribution is 0.0528. The minimum atomic E-state index is -0.458. The van der Waals surface area contributed by atoms with Gasteiger partial charge in [-0.15, -0.1) is 11.8 Å². The molecular weight excluding hydrogens is 318 g/mol. The highest BCUT2D eigenvalue weighted by molar-refractivity contribution is 8.03. The first-order valence-electron chi connectivity index (χ1n) is 7.37. The van der Waals surface area contributed by atoms with Crippen LogP contribution in [-0.4, -0.2) is 23.5 Å². The Morgan fingerprint density at radius 2 is 2.14 bits per heavy atom. The molecule has 0 radical (unpaired) electrons. The third-order valence-electron chi connectivity index (χ3n) is 3.17. The molecule has 1 aromatic rings. The fourth-order valence-electron chi connectivity index (χ4n) is 2.21. The summed E-state index contributed by atoms with van der Waals surface area (Å²) in [6.07, 6.45) is 1.48. The molecule has 1 aliphatic rings. The predicted molar refractivity (Wildman–Crippen MR) is 93.5 cm³/mol. The Labute approximate surface area is 141 Å². The van der Waals surface area contributed by atoms with Crippen molar-refractivity contribution in [1.82, 2.24) is 5.32 Å². The number of thioether (sulfide) groups is 1. The summed E-state index contributed by atoms with van der Waals surface area (Å²) in [7, 11) is 0. The summed E-state index contributed by atoms with van der Waals surface area (Å²) in [5.41, 5.74) is 2.05. The van der Waals surface area contributed by atoms with E-state index in [1.165, 1.54) is 5.57 Å². The lowest BCUT2D eigenvalue weighted by Crippen LogP contribution is -2.35. The van der Waals surface area contributed by atoms with E-state index in [1.807, 2.05) is 39.0 Å². The van der Waals surface area contributed by atoms with E-state index in [4.69, 9.17) is 16.3 Å². The van der Waals surface area contributed by atoms with Crippen LogP contribution in [0.4, 0.5) is 4.79 Å². The summed E-state index contributed by atoms with van der Waals surface area (Å²) in [4.78, 5) is 11.7. The highest BCUT2D eigenvalue weighted by atomic mass is 35.5. The number of halogens is 1. The highest BCUT2D eigenvalue weighted by Gasteiger charge is 2.21. The van der Waals surface area contributed by atoms with Crippen LogP contribution >= 0.6 is 23.4 Å². The monoisotopic (exact) mass is 339 g/mol. The first-order valence-corrected chi connectivity index (χ1v) is 8.69. The predicted octanol–water partition coefficient (Wildman–Crippen LogP) is 4.80. The molecule has 0 bridgehead atoms. The first kappa shape index (κ1) is 17.2. The second-order valence-electron chi connectivity index (χ2n) is 6.39. The summed E-state index contributed by atoms with van der Waals surface area (Å²) >= 11 is 7.96. The van der Waals surface area contributed by atoms with E-state index in [2.05, 4.69) is 16.8 Å². The third-order valence-corrected chi connectivity index (χ3v) is 4.72. The van der Waals surface area contributed by atoms with Crippen LogP contribution in [0.3, 0.4) is 0 Å².